The van der Waals surface area contributed by atoms with E-state index in [0.717, 1.165) is 0 Å². The molecule has 2 aromatic carbocycles. The molecule has 3 rings (SSSR count). The van der Waals surface area contributed by atoms with E-state index < -0.39 is 16.3 Å². The van der Waals surface area contributed by atoms with Crippen LogP contribution in [-0.4, -0.2) is 16.3 Å². The molecule has 5 nitrogen and oxygen atoms in total. The number of Topliss-reactive ketones (excluding diaryl/α,β-unsaturated/α-hetero) is 1. The van der Waals surface area contributed by atoms with Gasteiger partial charge in [-0.25, -0.2) is 4.39 Å². The quantitative estimate of drug-likeness (QED) is 0.631. The highest BCUT2D eigenvalue weighted by atomic mass is 19.1. The molecular formula is C18H14FNO4. The van der Waals surface area contributed by atoms with Crippen LogP contribution in [0.3, 0.4) is 0 Å². The molecule has 0 saturated carbocycles. The van der Waals surface area contributed by atoms with Crippen molar-refractivity contribution >= 4 is 22.8 Å². The van der Waals surface area contributed by atoms with Gasteiger partial charge < -0.3 is 4.74 Å². The van der Waals surface area contributed by atoms with Crippen molar-refractivity contribution in [2.45, 2.75) is 19.4 Å². The van der Waals surface area contributed by atoms with Crippen LogP contribution in [0.4, 0.5) is 10.1 Å². The van der Waals surface area contributed by atoms with E-state index >= 15 is 0 Å². The number of ether oxygens (including phenoxy) is 1. The van der Waals surface area contributed by atoms with Crippen LogP contribution in [0.15, 0.2) is 48.5 Å². The van der Waals surface area contributed by atoms with E-state index in [-0.39, 0.29) is 22.8 Å². The van der Waals surface area contributed by atoms with Crippen LogP contribution in [0.5, 0.6) is 0 Å². The molecule has 0 amide bonds. The number of nitrogens with zero attached hydrogens (tertiary/aromatic N) is 1. The summed E-state index contributed by atoms with van der Waals surface area (Å²) in [4.78, 5) is 23.2. The highest BCUT2D eigenvalue weighted by Gasteiger charge is 2.43. The lowest BCUT2D eigenvalue weighted by Gasteiger charge is -2.17. The number of hydrogen-bond donors (Lipinski definition) is 0. The molecule has 0 fully saturated rings. The van der Waals surface area contributed by atoms with Crippen molar-refractivity contribution in [3.05, 3.63) is 75.6 Å². The maximum atomic E-state index is 13.6. The zero-order valence-corrected chi connectivity index (χ0v) is 13.1. The molecular weight excluding hydrogens is 313 g/mol. The van der Waals surface area contributed by atoms with Crippen molar-refractivity contribution in [1.82, 2.24) is 0 Å². The van der Waals surface area contributed by atoms with Crippen molar-refractivity contribution in [2.24, 2.45) is 0 Å². The Labute approximate surface area is 137 Å². The summed E-state index contributed by atoms with van der Waals surface area (Å²) in [6.07, 6.45) is 0. The van der Waals surface area contributed by atoms with E-state index in [1.165, 1.54) is 36.4 Å². The minimum Gasteiger partial charge on any atom is -0.478 e. The van der Waals surface area contributed by atoms with Crippen LogP contribution in [0.25, 0.3) is 11.3 Å². The zero-order chi connectivity index (χ0) is 17.5. The summed E-state index contributed by atoms with van der Waals surface area (Å²) in [6.45, 7) is 3.22. The van der Waals surface area contributed by atoms with Gasteiger partial charge in [-0.2, -0.15) is 0 Å². The van der Waals surface area contributed by atoms with Crippen LogP contribution >= 0.6 is 0 Å². The molecule has 1 aliphatic rings. The van der Waals surface area contributed by atoms with E-state index in [4.69, 9.17) is 4.74 Å². The number of rotatable bonds is 3. The number of non-ortho nitro benzene ring substituents is 1. The fourth-order valence-corrected chi connectivity index (χ4v) is 2.63. The Morgan fingerprint density at radius 2 is 1.75 bits per heavy atom. The fourth-order valence-electron chi connectivity index (χ4n) is 2.63. The van der Waals surface area contributed by atoms with E-state index in [1.807, 2.05) is 0 Å². The smallest absolute Gasteiger partial charge is 0.270 e. The van der Waals surface area contributed by atoms with E-state index in [1.54, 1.807) is 26.0 Å². The second-order valence-electron chi connectivity index (χ2n) is 5.96. The predicted molar refractivity (Wildman–Crippen MR) is 86.5 cm³/mol. The van der Waals surface area contributed by atoms with Gasteiger partial charge in [-0.15, -0.1) is 0 Å². The SMILES string of the molecule is CC1(C)OC(c2cccc(F)c2)=C(c2cccc([N+](=O)[O-])c2)C1=O. The average molecular weight is 327 g/mol. The normalized spacial score (nSPS) is 16.2. The van der Waals surface area contributed by atoms with E-state index in [2.05, 4.69) is 0 Å². The molecule has 24 heavy (non-hydrogen) atoms. The third-order valence-electron chi connectivity index (χ3n) is 3.79. The average Bonchev–Trinajstić information content (AvgIpc) is 2.78. The van der Waals surface area contributed by atoms with Gasteiger partial charge in [-0.05, 0) is 31.5 Å². The molecule has 0 radical (unpaired) electrons. The maximum absolute atomic E-state index is 13.6. The summed E-state index contributed by atoms with van der Waals surface area (Å²) < 4.78 is 19.3. The lowest BCUT2D eigenvalue weighted by atomic mass is 9.92. The van der Waals surface area contributed by atoms with Crippen molar-refractivity contribution < 1.29 is 18.8 Å². The van der Waals surface area contributed by atoms with Crippen LogP contribution in [0.2, 0.25) is 0 Å². The third kappa shape index (κ3) is 2.67. The molecule has 1 heterocycles. The highest BCUT2D eigenvalue weighted by Crippen LogP contribution is 2.41. The molecule has 0 spiro atoms. The lowest BCUT2D eigenvalue weighted by molar-refractivity contribution is -0.384. The zero-order valence-electron chi connectivity index (χ0n) is 13.1. The fraction of sp³-hybridized carbons (Fsp3) is 0.167. The Balaban J connectivity index is 2.22. The van der Waals surface area contributed by atoms with Crippen molar-refractivity contribution in [1.29, 1.82) is 0 Å². The van der Waals surface area contributed by atoms with Gasteiger partial charge >= 0.3 is 0 Å². The number of hydrogen-bond acceptors (Lipinski definition) is 4. The summed E-state index contributed by atoms with van der Waals surface area (Å²) >= 11 is 0. The Kier molecular flexibility index (Phi) is 3.67. The topological polar surface area (TPSA) is 69.4 Å². The van der Waals surface area contributed by atoms with Gasteiger partial charge in [0.2, 0.25) is 5.78 Å². The van der Waals surface area contributed by atoms with E-state index in [0.29, 0.717) is 11.1 Å². The molecule has 6 heteroatoms. The van der Waals surface area contributed by atoms with Crippen molar-refractivity contribution in [3.63, 3.8) is 0 Å². The second kappa shape index (κ2) is 5.56. The predicted octanol–water partition coefficient (Wildman–Crippen LogP) is 3.98. The summed E-state index contributed by atoms with van der Waals surface area (Å²) in [7, 11) is 0. The third-order valence-corrected chi connectivity index (χ3v) is 3.79. The Morgan fingerprint density at radius 1 is 1.08 bits per heavy atom. The Morgan fingerprint density at radius 3 is 2.42 bits per heavy atom. The lowest BCUT2D eigenvalue weighted by Crippen LogP contribution is -2.29. The van der Waals surface area contributed by atoms with Gasteiger partial charge in [0.05, 0.1) is 10.5 Å². The molecule has 2 aromatic rings. The molecule has 122 valence electrons. The highest BCUT2D eigenvalue weighted by molar-refractivity contribution is 6.32. The summed E-state index contributed by atoms with van der Waals surface area (Å²) in [5.74, 6) is -0.536. The molecule has 0 aliphatic carbocycles. The first-order valence-corrected chi connectivity index (χ1v) is 7.28. The van der Waals surface area contributed by atoms with Gasteiger partial charge in [0.15, 0.2) is 5.60 Å². The first-order chi connectivity index (χ1) is 11.3. The minimum atomic E-state index is -1.12. The van der Waals surface area contributed by atoms with Crippen molar-refractivity contribution in [2.75, 3.05) is 0 Å². The van der Waals surface area contributed by atoms with Gasteiger partial charge in [-0.1, -0.05) is 24.3 Å². The standard InChI is InChI=1S/C18H14FNO4/c1-18(2)17(21)15(11-5-4-8-14(10-11)20(22)23)16(24-18)12-6-3-7-13(19)9-12/h3-10H,1-2H3. The molecule has 0 bridgehead atoms. The summed E-state index contributed by atoms with van der Waals surface area (Å²) in [5, 5.41) is 11.0. The number of nitro groups is 1. The molecule has 1 aliphatic heterocycles. The van der Waals surface area contributed by atoms with Crippen LogP contribution < -0.4 is 0 Å². The molecule has 0 saturated heterocycles. The van der Waals surface area contributed by atoms with Gasteiger partial charge in [0.25, 0.3) is 5.69 Å². The van der Waals surface area contributed by atoms with Gasteiger partial charge in [0.1, 0.15) is 11.6 Å². The maximum Gasteiger partial charge on any atom is 0.270 e. The molecule has 0 atom stereocenters. The van der Waals surface area contributed by atoms with Crippen LogP contribution in [-0.2, 0) is 9.53 Å². The van der Waals surface area contributed by atoms with Crippen LogP contribution in [0, 0.1) is 15.9 Å². The number of carbonyl (C=O) groups is 1. The Bertz CT molecular complexity index is 886. The first-order valence-electron chi connectivity index (χ1n) is 7.28. The molecule has 0 N–H and O–H groups in total. The van der Waals surface area contributed by atoms with Gasteiger partial charge in [-0.3, -0.25) is 14.9 Å². The van der Waals surface area contributed by atoms with Gasteiger partial charge in [0, 0.05) is 17.7 Å². The largest absolute Gasteiger partial charge is 0.478 e. The molecule has 0 unspecified atom stereocenters. The molecule has 0 aromatic heterocycles. The summed E-state index contributed by atoms with van der Waals surface area (Å²) in [5.41, 5.74) is -0.249. The minimum absolute atomic E-state index is 0.129. The van der Waals surface area contributed by atoms with Crippen LogP contribution in [0.1, 0.15) is 25.0 Å². The number of ketones is 1. The Hall–Kier alpha value is -3.02. The first kappa shape index (κ1) is 15.9. The second-order valence-corrected chi connectivity index (χ2v) is 5.96. The van der Waals surface area contributed by atoms with E-state index in [9.17, 15) is 19.3 Å². The number of benzene rings is 2. The number of nitro benzene ring substituents is 1. The summed E-state index contributed by atoms with van der Waals surface area (Å²) in [6, 6.07) is 11.5. The number of halogens is 1. The monoisotopic (exact) mass is 327 g/mol. The number of carbonyl (C=O) groups excluding carboxylic acids is 1. The van der Waals surface area contributed by atoms with Crippen molar-refractivity contribution in [3.8, 4) is 0 Å².